The van der Waals surface area contributed by atoms with E-state index in [1.54, 1.807) is 29.2 Å². The molecule has 5 atom stereocenters. The first-order valence-corrected chi connectivity index (χ1v) is 14.8. The number of esters is 1. The summed E-state index contributed by atoms with van der Waals surface area (Å²) in [5.74, 6) is -1.20. The fourth-order valence-corrected chi connectivity index (χ4v) is 6.65. The molecule has 1 saturated carbocycles. The van der Waals surface area contributed by atoms with Crippen LogP contribution >= 0.6 is 11.6 Å². The maximum absolute atomic E-state index is 14.0. The van der Waals surface area contributed by atoms with E-state index in [0.29, 0.717) is 47.9 Å². The molecule has 3 aliphatic rings. The second kappa shape index (κ2) is 12.3. The second-order valence-electron chi connectivity index (χ2n) is 11.5. The Bertz CT molecular complexity index is 1360. The smallest absolute Gasteiger partial charge is 0.308 e. The largest absolute Gasteiger partial charge is 0.469 e. The molecule has 0 radical (unpaired) electrons. The van der Waals surface area contributed by atoms with Crippen LogP contribution in [0.1, 0.15) is 69.0 Å². The molecule has 1 aliphatic carbocycles. The minimum Gasteiger partial charge on any atom is -0.469 e. The molecular formula is C30H37ClN4O6. The number of ether oxygens (including phenoxy) is 1. The van der Waals surface area contributed by atoms with Crippen LogP contribution in [0.4, 0.5) is 0 Å². The van der Waals surface area contributed by atoms with Gasteiger partial charge in [-0.25, -0.2) is 4.98 Å². The van der Waals surface area contributed by atoms with Gasteiger partial charge in [0.05, 0.1) is 36.9 Å². The summed E-state index contributed by atoms with van der Waals surface area (Å²) in [4.78, 5) is 63.7. The van der Waals surface area contributed by atoms with Gasteiger partial charge in [0.1, 0.15) is 11.9 Å². The number of benzene rings is 1. The molecule has 1 aromatic carbocycles. The summed E-state index contributed by atoms with van der Waals surface area (Å²) in [6.45, 7) is 2.63. The number of aromatic nitrogens is 2. The van der Waals surface area contributed by atoms with Gasteiger partial charge in [-0.2, -0.15) is 0 Å². The standard InChI is InChI=1S/C30H37ClN4O6/c1-3-4-5-20-14-34(16-23-25(20)32-26(33-27(23)37)17-8-10-21(31)11-9-17)29(39)24-13-22(36)15-35(24)28(38)18-6-7-19(12-18)30(40)41-2/h8-11,18-20,22,24,36H,3-7,12-16H2,1-2H3,(H,32,33,37)/t18-,19+,20?,22-,24+/m1/s1. The van der Waals surface area contributed by atoms with Crippen molar-refractivity contribution in [2.45, 2.75) is 76.5 Å². The van der Waals surface area contributed by atoms with Crippen molar-refractivity contribution in [3.8, 4) is 11.4 Å². The number of hydrogen-bond donors (Lipinski definition) is 2. The number of amides is 2. The van der Waals surface area contributed by atoms with E-state index in [9.17, 15) is 24.3 Å². The zero-order valence-electron chi connectivity index (χ0n) is 23.5. The number of aromatic amines is 1. The van der Waals surface area contributed by atoms with Crippen molar-refractivity contribution in [2.75, 3.05) is 20.2 Å². The van der Waals surface area contributed by atoms with E-state index >= 15 is 0 Å². The molecule has 1 unspecified atom stereocenters. The number of β-amino-alcohol motifs (C(OH)–C–C–N with tert-alkyl or cyclic N) is 1. The Labute approximate surface area is 244 Å². The number of methoxy groups -OCH3 is 1. The molecule has 3 heterocycles. The molecule has 0 bridgehead atoms. The minimum atomic E-state index is -0.816. The van der Waals surface area contributed by atoms with E-state index in [0.717, 1.165) is 24.8 Å². The molecule has 1 saturated heterocycles. The molecule has 2 aromatic rings. The molecule has 5 rings (SSSR count). The molecule has 2 fully saturated rings. The number of rotatable bonds is 7. The number of aliphatic hydroxyl groups is 1. The lowest BCUT2D eigenvalue weighted by Gasteiger charge is -2.37. The van der Waals surface area contributed by atoms with Gasteiger partial charge in [0.25, 0.3) is 5.56 Å². The summed E-state index contributed by atoms with van der Waals surface area (Å²) in [7, 11) is 1.34. The van der Waals surface area contributed by atoms with Crippen LogP contribution in [-0.2, 0) is 25.7 Å². The lowest BCUT2D eigenvalue weighted by molar-refractivity contribution is -0.148. The van der Waals surface area contributed by atoms with Gasteiger partial charge in [0.15, 0.2) is 0 Å². The summed E-state index contributed by atoms with van der Waals surface area (Å²) in [5, 5.41) is 11.1. The van der Waals surface area contributed by atoms with Crippen LogP contribution in [-0.4, -0.2) is 75.0 Å². The van der Waals surface area contributed by atoms with Crippen LogP contribution in [0.15, 0.2) is 29.1 Å². The van der Waals surface area contributed by atoms with Crippen molar-refractivity contribution >= 4 is 29.4 Å². The van der Waals surface area contributed by atoms with Gasteiger partial charge in [-0.15, -0.1) is 0 Å². The number of carbonyl (C=O) groups excluding carboxylic acids is 3. The lowest BCUT2D eigenvalue weighted by atomic mass is 9.90. The predicted octanol–water partition coefficient (Wildman–Crippen LogP) is 3.26. The average molecular weight is 585 g/mol. The van der Waals surface area contributed by atoms with Crippen molar-refractivity contribution in [1.82, 2.24) is 19.8 Å². The molecule has 0 spiro atoms. The molecule has 10 nitrogen and oxygen atoms in total. The molecule has 2 N–H and O–H groups in total. The SMILES string of the molecule is CCCCC1CN(C(=O)[C@@H]2C[C@@H](O)CN2C(=O)[C@@H]2CC[C@H](C(=O)OC)C2)Cc2c1nc(-c1ccc(Cl)cc1)[nH]c2=O. The molecule has 1 aromatic heterocycles. The highest BCUT2D eigenvalue weighted by Crippen LogP contribution is 2.36. The number of hydrogen-bond acceptors (Lipinski definition) is 7. The zero-order chi connectivity index (χ0) is 29.3. The highest BCUT2D eigenvalue weighted by Gasteiger charge is 2.46. The summed E-state index contributed by atoms with van der Waals surface area (Å²) in [6, 6.07) is 6.29. The van der Waals surface area contributed by atoms with E-state index in [2.05, 4.69) is 11.9 Å². The summed E-state index contributed by atoms with van der Waals surface area (Å²) in [6.07, 6.45) is 3.44. The number of fused-ring (bicyclic) bond motifs is 1. The third-order valence-corrected chi connectivity index (χ3v) is 8.97. The highest BCUT2D eigenvalue weighted by molar-refractivity contribution is 6.30. The Kier molecular flexibility index (Phi) is 8.79. The Balaban J connectivity index is 1.39. The van der Waals surface area contributed by atoms with Crippen molar-refractivity contribution < 1.29 is 24.2 Å². The Morgan fingerprint density at radius 3 is 2.54 bits per heavy atom. The number of halogens is 1. The van der Waals surface area contributed by atoms with Crippen LogP contribution in [0.25, 0.3) is 11.4 Å². The maximum atomic E-state index is 14.0. The van der Waals surface area contributed by atoms with Gasteiger partial charge < -0.3 is 24.6 Å². The van der Waals surface area contributed by atoms with Crippen LogP contribution in [0, 0.1) is 11.8 Å². The summed E-state index contributed by atoms with van der Waals surface area (Å²) in [5.41, 5.74) is 1.61. The lowest BCUT2D eigenvalue weighted by Crippen LogP contribution is -2.51. The van der Waals surface area contributed by atoms with E-state index in [1.807, 2.05) is 0 Å². The van der Waals surface area contributed by atoms with E-state index in [-0.39, 0.29) is 54.7 Å². The first-order valence-electron chi connectivity index (χ1n) is 14.4. The zero-order valence-corrected chi connectivity index (χ0v) is 24.2. The number of H-pyrrole nitrogens is 1. The average Bonchev–Trinajstić information content (AvgIpc) is 3.62. The van der Waals surface area contributed by atoms with Crippen LogP contribution in [0.2, 0.25) is 5.02 Å². The topological polar surface area (TPSA) is 133 Å². The number of aliphatic hydroxyl groups excluding tert-OH is 1. The minimum absolute atomic E-state index is 0.0743. The van der Waals surface area contributed by atoms with Gasteiger partial charge in [-0.3, -0.25) is 19.2 Å². The predicted molar refractivity (Wildman–Crippen MR) is 152 cm³/mol. The van der Waals surface area contributed by atoms with Gasteiger partial charge in [0.2, 0.25) is 11.8 Å². The van der Waals surface area contributed by atoms with Crippen LogP contribution in [0.3, 0.4) is 0 Å². The van der Waals surface area contributed by atoms with Crippen molar-refractivity contribution in [3.63, 3.8) is 0 Å². The van der Waals surface area contributed by atoms with E-state index in [1.165, 1.54) is 12.0 Å². The second-order valence-corrected chi connectivity index (χ2v) is 11.9. The van der Waals surface area contributed by atoms with Crippen LogP contribution in [0.5, 0.6) is 0 Å². The van der Waals surface area contributed by atoms with Gasteiger partial charge in [0, 0.05) is 41.9 Å². The Morgan fingerprint density at radius 2 is 1.83 bits per heavy atom. The van der Waals surface area contributed by atoms with Crippen molar-refractivity contribution in [2.24, 2.45) is 11.8 Å². The fraction of sp³-hybridized carbons (Fsp3) is 0.567. The third-order valence-electron chi connectivity index (χ3n) is 8.72. The van der Waals surface area contributed by atoms with Crippen molar-refractivity contribution in [1.29, 1.82) is 0 Å². The van der Waals surface area contributed by atoms with E-state index in [4.69, 9.17) is 21.3 Å². The van der Waals surface area contributed by atoms with Gasteiger partial charge >= 0.3 is 5.97 Å². The van der Waals surface area contributed by atoms with Crippen molar-refractivity contribution in [3.05, 3.63) is 50.9 Å². The Morgan fingerprint density at radius 1 is 1.10 bits per heavy atom. The normalized spacial score (nSPS) is 25.7. The number of nitrogens with zero attached hydrogens (tertiary/aromatic N) is 3. The fourth-order valence-electron chi connectivity index (χ4n) is 6.53. The van der Waals surface area contributed by atoms with Gasteiger partial charge in [-0.05, 0) is 49.9 Å². The summed E-state index contributed by atoms with van der Waals surface area (Å²) >= 11 is 6.04. The number of nitrogens with one attached hydrogen (secondary N) is 1. The number of likely N-dealkylation sites (tertiary alicyclic amines) is 1. The number of unbranched alkanes of at least 4 members (excludes halogenated alkanes) is 1. The molecule has 11 heteroatoms. The molecule has 220 valence electrons. The summed E-state index contributed by atoms with van der Waals surface area (Å²) < 4.78 is 4.85. The van der Waals surface area contributed by atoms with E-state index < -0.39 is 18.1 Å². The molecule has 41 heavy (non-hydrogen) atoms. The quantitative estimate of drug-likeness (QED) is 0.477. The van der Waals surface area contributed by atoms with Crippen LogP contribution < -0.4 is 5.56 Å². The monoisotopic (exact) mass is 584 g/mol. The van der Waals surface area contributed by atoms with Gasteiger partial charge in [-0.1, -0.05) is 31.4 Å². The first-order chi connectivity index (χ1) is 19.7. The molecule has 2 amide bonds. The maximum Gasteiger partial charge on any atom is 0.308 e. The number of carbonyl (C=O) groups is 3. The highest BCUT2D eigenvalue weighted by atomic mass is 35.5. The Hall–Kier alpha value is -3.24. The molecular weight excluding hydrogens is 548 g/mol. The molecule has 2 aliphatic heterocycles. The third kappa shape index (κ3) is 6.04. The first kappa shape index (κ1) is 29.3.